The van der Waals surface area contributed by atoms with Crippen molar-refractivity contribution in [3.63, 3.8) is 0 Å². The van der Waals surface area contributed by atoms with E-state index in [1.807, 2.05) is 0 Å². The first kappa shape index (κ1) is 24.7. The van der Waals surface area contributed by atoms with E-state index in [2.05, 4.69) is 36.5 Å². The number of aromatic nitrogens is 2. The molecule has 3 fully saturated rings. The van der Waals surface area contributed by atoms with E-state index < -0.39 is 21.3 Å². The van der Waals surface area contributed by atoms with E-state index in [4.69, 9.17) is 11.6 Å². The molecular weight excluding hydrogens is 476 g/mol. The molecule has 5 rings (SSSR count). The Morgan fingerprint density at radius 1 is 1.24 bits per heavy atom. The van der Waals surface area contributed by atoms with Gasteiger partial charge in [0.1, 0.15) is 11.6 Å². The monoisotopic (exact) mass is 506 g/mol. The molecule has 1 aromatic carbocycles. The zero-order chi connectivity index (χ0) is 24.8. The molecule has 4 atom stereocenters. The summed E-state index contributed by atoms with van der Waals surface area (Å²) in [5, 5.41) is 10.3. The summed E-state index contributed by atoms with van der Waals surface area (Å²) in [6, 6.07) is 6.49. The quantitative estimate of drug-likeness (QED) is 0.597. The lowest BCUT2D eigenvalue weighted by molar-refractivity contribution is -0.122. The molecule has 184 valence electrons. The molecule has 0 unspecified atom stereocenters. The third-order valence-electron chi connectivity index (χ3n) is 7.81. The highest BCUT2D eigenvalue weighted by Crippen LogP contribution is 2.61. The van der Waals surface area contributed by atoms with E-state index in [1.54, 1.807) is 12.1 Å². The summed E-state index contributed by atoms with van der Waals surface area (Å²) in [4.78, 5) is 25.3. The first-order chi connectivity index (χ1) is 15.9. The van der Waals surface area contributed by atoms with Crippen LogP contribution in [0.25, 0.3) is 0 Å². The third-order valence-corrected chi connectivity index (χ3v) is 9.31. The van der Waals surface area contributed by atoms with Gasteiger partial charge in [0.25, 0.3) is 5.56 Å². The molecule has 3 aliphatic rings. The van der Waals surface area contributed by atoms with Gasteiger partial charge in [0.2, 0.25) is 5.91 Å². The van der Waals surface area contributed by atoms with Crippen LogP contribution in [-0.4, -0.2) is 36.4 Å². The minimum atomic E-state index is -3.27. The van der Waals surface area contributed by atoms with Crippen LogP contribution in [0.1, 0.15) is 39.2 Å². The van der Waals surface area contributed by atoms with Crippen LogP contribution >= 0.6 is 11.6 Å². The van der Waals surface area contributed by atoms with Crippen molar-refractivity contribution in [2.45, 2.75) is 57.6 Å². The van der Waals surface area contributed by atoms with Crippen molar-refractivity contribution in [1.29, 1.82) is 0 Å². The molecule has 0 spiro atoms. The van der Waals surface area contributed by atoms with Crippen LogP contribution in [0.3, 0.4) is 0 Å². The first-order valence-electron chi connectivity index (χ1n) is 11.5. The van der Waals surface area contributed by atoms with Crippen molar-refractivity contribution in [2.24, 2.45) is 23.2 Å². The predicted octanol–water partition coefficient (Wildman–Crippen LogP) is 3.10. The van der Waals surface area contributed by atoms with Gasteiger partial charge in [0, 0.05) is 18.8 Å². The van der Waals surface area contributed by atoms with Crippen LogP contribution in [0.15, 0.2) is 40.2 Å². The molecule has 3 aliphatic carbocycles. The van der Waals surface area contributed by atoms with Crippen LogP contribution in [0.2, 0.25) is 5.02 Å². The van der Waals surface area contributed by atoms with Crippen molar-refractivity contribution in [1.82, 2.24) is 15.1 Å². The van der Waals surface area contributed by atoms with Crippen LogP contribution in [0.4, 0.5) is 5.69 Å². The van der Waals surface area contributed by atoms with Gasteiger partial charge in [0.15, 0.2) is 9.84 Å². The molecule has 1 aromatic heterocycles. The Morgan fingerprint density at radius 2 is 1.91 bits per heavy atom. The van der Waals surface area contributed by atoms with Crippen molar-refractivity contribution in [3.05, 3.63) is 51.4 Å². The Balaban J connectivity index is 1.36. The van der Waals surface area contributed by atoms with E-state index in [-0.39, 0.29) is 29.0 Å². The number of anilines is 1. The second kappa shape index (κ2) is 9.00. The number of carbonyl (C=O) groups excluding carboxylic acids is 1. The molecular formula is C24H31ClN4O4S. The summed E-state index contributed by atoms with van der Waals surface area (Å²) in [5.41, 5.74) is 1.09. The van der Waals surface area contributed by atoms with Gasteiger partial charge in [-0.1, -0.05) is 44.5 Å². The maximum absolute atomic E-state index is 12.7. The number of carbonyl (C=O) groups is 1. The van der Waals surface area contributed by atoms with Gasteiger partial charge in [-0.05, 0) is 53.7 Å². The SMILES string of the molecule is C[C@H]1[C@H](Nc2cnn(CC(=O)NCc3ccc(S(C)(=O)=O)cc3)c(=O)c2Cl)C[C@H]2C[C@@H]1C2(C)C. The van der Waals surface area contributed by atoms with E-state index in [0.717, 1.165) is 22.9 Å². The molecule has 1 heterocycles. The lowest BCUT2D eigenvalue weighted by atomic mass is 9.45. The Hall–Kier alpha value is -2.39. The van der Waals surface area contributed by atoms with Crippen LogP contribution in [-0.2, 0) is 27.7 Å². The molecule has 0 radical (unpaired) electrons. The minimum absolute atomic E-state index is 0.0323. The van der Waals surface area contributed by atoms with Crippen LogP contribution < -0.4 is 16.2 Å². The summed E-state index contributed by atoms with van der Waals surface area (Å²) >= 11 is 6.36. The molecule has 0 aliphatic heterocycles. The minimum Gasteiger partial charge on any atom is -0.379 e. The zero-order valence-corrected chi connectivity index (χ0v) is 21.4. The number of rotatable bonds is 7. The Bertz CT molecular complexity index is 1260. The van der Waals surface area contributed by atoms with Crippen LogP contribution in [0.5, 0.6) is 0 Å². The Kier molecular flexibility index (Phi) is 6.54. The fourth-order valence-electron chi connectivity index (χ4n) is 5.47. The van der Waals surface area contributed by atoms with Gasteiger partial charge < -0.3 is 10.6 Å². The zero-order valence-electron chi connectivity index (χ0n) is 19.8. The topological polar surface area (TPSA) is 110 Å². The predicted molar refractivity (Wildman–Crippen MR) is 131 cm³/mol. The van der Waals surface area contributed by atoms with Crippen molar-refractivity contribution in [3.8, 4) is 0 Å². The maximum atomic E-state index is 12.7. The summed E-state index contributed by atoms with van der Waals surface area (Å²) < 4.78 is 24.1. The second-order valence-electron chi connectivity index (χ2n) is 10.2. The van der Waals surface area contributed by atoms with Crippen molar-refractivity contribution < 1.29 is 13.2 Å². The van der Waals surface area contributed by atoms with Gasteiger partial charge in [-0.3, -0.25) is 9.59 Å². The average molecular weight is 507 g/mol. The number of nitrogens with zero attached hydrogens (tertiary/aromatic N) is 2. The largest absolute Gasteiger partial charge is 0.379 e. The van der Waals surface area contributed by atoms with Gasteiger partial charge in [0.05, 0.1) is 16.8 Å². The molecule has 10 heteroatoms. The summed E-state index contributed by atoms with van der Waals surface area (Å²) in [5.74, 6) is 1.39. The maximum Gasteiger partial charge on any atom is 0.288 e. The number of halogens is 1. The molecule has 8 nitrogen and oxygen atoms in total. The van der Waals surface area contributed by atoms with Gasteiger partial charge in [-0.15, -0.1) is 0 Å². The van der Waals surface area contributed by atoms with Crippen molar-refractivity contribution >= 4 is 33.0 Å². The normalized spacial score (nSPS) is 25.3. The third kappa shape index (κ3) is 4.73. The smallest absolute Gasteiger partial charge is 0.288 e. The summed E-state index contributed by atoms with van der Waals surface area (Å²) in [7, 11) is -3.27. The van der Waals surface area contributed by atoms with E-state index in [9.17, 15) is 18.0 Å². The molecule has 2 aromatic rings. The van der Waals surface area contributed by atoms with E-state index in [0.29, 0.717) is 28.9 Å². The molecule has 1 amide bonds. The number of fused-ring (bicyclic) bond motifs is 2. The molecule has 0 saturated heterocycles. The number of sulfone groups is 1. The number of amides is 1. The van der Waals surface area contributed by atoms with E-state index >= 15 is 0 Å². The Morgan fingerprint density at radius 3 is 2.50 bits per heavy atom. The lowest BCUT2D eigenvalue weighted by Gasteiger charge is -2.62. The average Bonchev–Trinajstić information content (AvgIpc) is 2.78. The fraction of sp³-hybridized carbons (Fsp3) is 0.542. The molecule has 34 heavy (non-hydrogen) atoms. The van der Waals surface area contributed by atoms with Gasteiger partial charge >= 0.3 is 0 Å². The molecule has 2 bridgehead atoms. The number of benzene rings is 1. The highest BCUT2D eigenvalue weighted by atomic mass is 35.5. The second-order valence-corrected chi connectivity index (χ2v) is 12.6. The summed E-state index contributed by atoms with van der Waals surface area (Å²) in [6.07, 6.45) is 4.95. The standard InChI is InChI=1S/C24H31ClN4O4S/c1-14-18-9-16(24(18,2)3)10-19(14)28-20-12-27-29(23(31)22(20)25)13-21(30)26-11-15-5-7-17(8-6-15)34(4,32)33/h5-8,12,14,16,18-19,28H,9-11,13H2,1-4H3,(H,26,30)/t14-,16-,18+,19-/m1/s1. The summed E-state index contributed by atoms with van der Waals surface area (Å²) in [6.45, 7) is 6.86. The molecule has 2 N–H and O–H groups in total. The number of hydrogen-bond acceptors (Lipinski definition) is 6. The Labute approximate surface area is 205 Å². The van der Waals surface area contributed by atoms with Gasteiger partial charge in [-0.2, -0.15) is 5.10 Å². The number of hydrogen-bond donors (Lipinski definition) is 2. The first-order valence-corrected chi connectivity index (χ1v) is 13.7. The van der Waals surface area contributed by atoms with Crippen LogP contribution in [0, 0.1) is 23.2 Å². The highest BCUT2D eigenvalue weighted by molar-refractivity contribution is 7.90. The number of nitrogens with one attached hydrogen (secondary N) is 2. The molecule has 3 saturated carbocycles. The van der Waals surface area contributed by atoms with E-state index in [1.165, 1.54) is 24.8 Å². The fourth-order valence-corrected chi connectivity index (χ4v) is 6.30. The lowest BCUT2D eigenvalue weighted by Crippen LogP contribution is -2.58. The van der Waals surface area contributed by atoms with Gasteiger partial charge in [-0.25, -0.2) is 13.1 Å². The van der Waals surface area contributed by atoms with Crippen molar-refractivity contribution in [2.75, 3.05) is 11.6 Å². The highest BCUT2D eigenvalue weighted by Gasteiger charge is 2.56.